The SMILES string of the molecule is Cc1cc2c(C(C)C)c(O)c(O)cc2c(O)c1-c1c(C)cc2c(C(C)C)c(O)c(N=O)cc2c1O. The van der Waals surface area contributed by atoms with Gasteiger partial charge in [-0.1, -0.05) is 39.8 Å². The molecule has 0 saturated carbocycles. The average Bonchev–Trinajstić information content (AvgIpc) is 2.76. The van der Waals surface area contributed by atoms with Gasteiger partial charge in [0.15, 0.2) is 17.2 Å². The van der Waals surface area contributed by atoms with Gasteiger partial charge in [0, 0.05) is 33.0 Å². The molecular weight excluding hydrogens is 446 g/mol. The van der Waals surface area contributed by atoms with Crippen molar-refractivity contribution in [3.8, 4) is 39.9 Å². The molecule has 0 fully saturated rings. The number of fused-ring (bicyclic) bond motifs is 2. The molecule has 7 heteroatoms. The molecule has 35 heavy (non-hydrogen) atoms. The second kappa shape index (κ2) is 8.34. The third kappa shape index (κ3) is 3.50. The first-order chi connectivity index (χ1) is 16.4. The summed E-state index contributed by atoms with van der Waals surface area (Å²) in [6, 6.07) is 6.28. The van der Waals surface area contributed by atoms with Crippen LogP contribution in [0.25, 0.3) is 32.7 Å². The van der Waals surface area contributed by atoms with Gasteiger partial charge in [0.25, 0.3) is 0 Å². The molecule has 0 aliphatic rings. The van der Waals surface area contributed by atoms with E-state index in [9.17, 15) is 30.4 Å². The van der Waals surface area contributed by atoms with Crippen LogP contribution in [0.1, 0.15) is 61.8 Å². The second-order valence-electron chi connectivity index (χ2n) is 9.74. The summed E-state index contributed by atoms with van der Waals surface area (Å²) in [6.07, 6.45) is 0. The Labute approximate surface area is 202 Å². The van der Waals surface area contributed by atoms with E-state index in [0.717, 1.165) is 0 Å². The molecule has 0 heterocycles. The average molecular weight is 476 g/mol. The summed E-state index contributed by atoms with van der Waals surface area (Å²) >= 11 is 0. The Balaban J connectivity index is 2.16. The molecule has 7 nitrogen and oxygen atoms in total. The standard InChI is InChI=1S/C28H29NO6/c1-11(2)21-15-7-13(5)23(25(31)17(15)9-19(29-35)27(21)33)24-14(6)8-16-18(26(24)32)10-20(30)28(34)22(16)12(3)4/h7-12,30-34H,1-6H3. The molecule has 5 N–H and O–H groups in total. The van der Waals surface area contributed by atoms with Crippen molar-refractivity contribution in [3.05, 3.63) is 51.4 Å². The molecular formula is C28H29NO6. The van der Waals surface area contributed by atoms with Crippen molar-refractivity contribution in [2.75, 3.05) is 0 Å². The number of aryl methyl sites for hydroxylation is 2. The zero-order chi connectivity index (χ0) is 25.9. The van der Waals surface area contributed by atoms with Crippen LogP contribution in [-0.4, -0.2) is 25.5 Å². The maximum absolute atomic E-state index is 11.4. The maximum atomic E-state index is 11.4. The number of nitroso groups, excluding NO2 is 1. The fourth-order valence-corrected chi connectivity index (χ4v) is 5.18. The van der Waals surface area contributed by atoms with Gasteiger partial charge in [-0.05, 0) is 64.9 Å². The summed E-state index contributed by atoms with van der Waals surface area (Å²) < 4.78 is 0. The molecule has 0 unspecified atom stereocenters. The highest BCUT2D eigenvalue weighted by atomic mass is 16.3. The number of benzene rings is 4. The van der Waals surface area contributed by atoms with E-state index in [-0.39, 0.29) is 46.3 Å². The first kappa shape index (κ1) is 24.1. The van der Waals surface area contributed by atoms with Crippen LogP contribution < -0.4 is 0 Å². The van der Waals surface area contributed by atoms with E-state index in [1.54, 1.807) is 13.8 Å². The molecule has 0 amide bonds. The number of hydrogen-bond donors (Lipinski definition) is 5. The van der Waals surface area contributed by atoms with Gasteiger partial charge in [0.05, 0.1) is 0 Å². The molecule has 4 aromatic rings. The van der Waals surface area contributed by atoms with Crippen LogP contribution in [0.15, 0.2) is 29.4 Å². The van der Waals surface area contributed by atoms with E-state index in [4.69, 9.17) is 0 Å². The molecule has 0 aliphatic heterocycles. The third-order valence-corrected chi connectivity index (χ3v) is 6.72. The fourth-order valence-electron chi connectivity index (χ4n) is 5.18. The van der Waals surface area contributed by atoms with Crippen molar-refractivity contribution in [1.82, 2.24) is 0 Å². The van der Waals surface area contributed by atoms with Gasteiger partial charge < -0.3 is 25.5 Å². The fraction of sp³-hybridized carbons (Fsp3) is 0.286. The van der Waals surface area contributed by atoms with Gasteiger partial charge in [-0.2, -0.15) is 0 Å². The van der Waals surface area contributed by atoms with Crippen LogP contribution in [0.3, 0.4) is 0 Å². The summed E-state index contributed by atoms with van der Waals surface area (Å²) in [4.78, 5) is 11.4. The highest BCUT2D eigenvalue weighted by Gasteiger charge is 2.26. The monoisotopic (exact) mass is 475 g/mol. The maximum Gasteiger partial charge on any atom is 0.161 e. The Kier molecular flexibility index (Phi) is 5.75. The van der Waals surface area contributed by atoms with E-state index >= 15 is 0 Å². The second-order valence-corrected chi connectivity index (χ2v) is 9.74. The Hall–Kier alpha value is -4.00. The van der Waals surface area contributed by atoms with Crippen LogP contribution in [0, 0.1) is 18.8 Å². The van der Waals surface area contributed by atoms with E-state index in [2.05, 4.69) is 5.18 Å². The van der Waals surface area contributed by atoms with Crippen molar-refractivity contribution in [2.45, 2.75) is 53.4 Å². The lowest BCUT2D eigenvalue weighted by Gasteiger charge is -2.21. The number of rotatable bonds is 4. The van der Waals surface area contributed by atoms with E-state index < -0.39 is 0 Å². The van der Waals surface area contributed by atoms with E-state index in [1.807, 2.05) is 39.8 Å². The lowest BCUT2D eigenvalue weighted by molar-refractivity contribution is 0.398. The zero-order valence-electron chi connectivity index (χ0n) is 20.6. The van der Waals surface area contributed by atoms with Crippen LogP contribution in [0.4, 0.5) is 5.69 Å². The molecule has 0 radical (unpaired) electrons. The Bertz CT molecular complexity index is 1540. The molecule has 0 aliphatic carbocycles. The van der Waals surface area contributed by atoms with Crippen LogP contribution >= 0.6 is 0 Å². The zero-order valence-corrected chi connectivity index (χ0v) is 20.6. The molecule has 4 rings (SSSR count). The van der Waals surface area contributed by atoms with Crippen molar-refractivity contribution in [2.24, 2.45) is 5.18 Å². The van der Waals surface area contributed by atoms with E-state index in [1.165, 1.54) is 12.1 Å². The molecule has 0 spiro atoms. The van der Waals surface area contributed by atoms with Crippen molar-refractivity contribution in [1.29, 1.82) is 0 Å². The number of phenolic OH excluding ortho intramolecular Hbond substituents is 5. The van der Waals surface area contributed by atoms with Gasteiger partial charge in [-0.25, -0.2) is 0 Å². The summed E-state index contributed by atoms with van der Waals surface area (Å²) in [6.45, 7) is 11.1. The number of nitrogens with zero attached hydrogens (tertiary/aromatic N) is 1. The van der Waals surface area contributed by atoms with Crippen molar-refractivity contribution >= 4 is 27.2 Å². The molecule has 0 atom stereocenters. The number of hydrogen-bond acceptors (Lipinski definition) is 7. The predicted octanol–water partition coefficient (Wildman–Crippen LogP) is 7.45. The normalized spacial score (nSPS) is 11.8. The van der Waals surface area contributed by atoms with Gasteiger partial charge in [-0.3, -0.25) is 0 Å². The first-order valence-corrected chi connectivity index (χ1v) is 11.5. The van der Waals surface area contributed by atoms with Crippen LogP contribution in [-0.2, 0) is 0 Å². The highest BCUT2D eigenvalue weighted by Crippen LogP contribution is 2.52. The van der Waals surface area contributed by atoms with Gasteiger partial charge in [-0.15, -0.1) is 4.91 Å². The largest absolute Gasteiger partial charge is 0.507 e. The smallest absolute Gasteiger partial charge is 0.161 e. The summed E-state index contributed by atoms with van der Waals surface area (Å²) in [5, 5.41) is 59.0. The summed E-state index contributed by atoms with van der Waals surface area (Å²) in [7, 11) is 0. The van der Waals surface area contributed by atoms with Gasteiger partial charge >= 0.3 is 0 Å². The Morgan fingerprint density at radius 3 is 1.46 bits per heavy atom. The van der Waals surface area contributed by atoms with Crippen molar-refractivity contribution < 1.29 is 25.5 Å². The van der Waals surface area contributed by atoms with E-state index in [0.29, 0.717) is 54.9 Å². The third-order valence-electron chi connectivity index (χ3n) is 6.72. The van der Waals surface area contributed by atoms with Gasteiger partial charge in [0.2, 0.25) is 0 Å². The number of aromatic hydroxyl groups is 5. The lowest BCUT2D eigenvalue weighted by atomic mass is 9.85. The van der Waals surface area contributed by atoms with Crippen LogP contribution in [0.5, 0.6) is 28.7 Å². The summed E-state index contributed by atoms with van der Waals surface area (Å²) in [5.41, 5.74) is 2.88. The molecule has 0 aromatic heterocycles. The topological polar surface area (TPSA) is 131 Å². The minimum absolute atomic E-state index is 0.124. The highest BCUT2D eigenvalue weighted by molar-refractivity contribution is 6.06. The van der Waals surface area contributed by atoms with Crippen LogP contribution in [0.2, 0.25) is 0 Å². The Morgan fingerprint density at radius 2 is 1.03 bits per heavy atom. The Morgan fingerprint density at radius 1 is 0.600 bits per heavy atom. The minimum atomic E-state index is -0.343. The summed E-state index contributed by atoms with van der Waals surface area (Å²) in [5.74, 6) is -1.35. The predicted molar refractivity (Wildman–Crippen MR) is 138 cm³/mol. The molecule has 4 aromatic carbocycles. The van der Waals surface area contributed by atoms with Gasteiger partial charge in [0.1, 0.15) is 17.2 Å². The molecule has 0 saturated heterocycles. The first-order valence-electron chi connectivity index (χ1n) is 11.5. The minimum Gasteiger partial charge on any atom is -0.507 e. The lowest BCUT2D eigenvalue weighted by Crippen LogP contribution is -1.97. The van der Waals surface area contributed by atoms with Crippen molar-refractivity contribution in [3.63, 3.8) is 0 Å². The quantitative estimate of drug-likeness (QED) is 0.154. The number of phenols is 5. The molecule has 182 valence electrons. The molecule has 0 bridgehead atoms.